The highest BCUT2D eigenvalue weighted by Crippen LogP contribution is 2.21. The van der Waals surface area contributed by atoms with Gasteiger partial charge in [0.2, 0.25) is 5.91 Å². The van der Waals surface area contributed by atoms with Gasteiger partial charge in [-0.2, -0.15) is 0 Å². The Balaban J connectivity index is 3.07. The summed E-state index contributed by atoms with van der Waals surface area (Å²) in [5, 5.41) is 0. The topological polar surface area (TPSA) is 20.3 Å². The van der Waals surface area contributed by atoms with E-state index in [4.69, 9.17) is 0 Å². The largest absolute Gasteiger partial charge is 0.310 e. The highest BCUT2D eigenvalue weighted by Gasteiger charge is 2.19. The SMILES string of the molecule is CCC(=O)N(c1cccc(CC)c1)C(C)CC. The molecule has 1 aromatic carbocycles. The number of amides is 1. The van der Waals surface area contributed by atoms with Crippen molar-refractivity contribution < 1.29 is 4.79 Å². The molecule has 0 saturated carbocycles. The Labute approximate surface area is 105 Å². The lowest BCUT2D eigenvalue weighted by Crippen LogP contribution is -2.38. The van der Waals surface area contributed by atoms with E-state index in [1.54, 1.807) is 0 Å². The Morgan fingerprint density at radius 3 is 2.53 bits per heavy atom. The zero-order valence-corrected chi connectivity index (χ0v) is 11.4. The first kappa shape index (κ1) is 13.8. The highest BCUT2D eigenvalue weighted by atomic mass is 16.2. The first-order valence-corrected chi connectivity index (χ1v) is 6.54. The Bertz CT molecular complexity index is 373. The zero-order chi connectivity index (χ0) is 12.8. The molecule has 2 heteroatoms. The standard InChI is InChI=1S/C15H23NO/c1-5-12(4)16(15(17)7-3)14-10-8-9-13(6-2)11-14/h8-12H,5-7H2,1-4H3. The molecule has 0 aliphatic rings. The van der Waals surface area contributed by atoms with Gasteiger partial charge in [-0.3, -0.25) is 4.79 Å². The van der Waals surface area contributed by atoms with Crippen LogP contribution in [0.4, 0.5) is 5.69 Å². The van der Waals surface area contributed by atoms with Crippen molar-refractivity contribution in [1.82, 2.24) is 0 Å². The molecule has 0 radical (unpaired) electrons. The summed E-state index contributed by atoms with van der Waals surface area (Å²) in [6.07, 6.45) is 2.53. The van der Waals surface area contributed by atoms with E-state index in [1.807, 2.05) is 24.0 Å². The fourth-order valence-electron chi connectivity index (χ4n) is 1.92. The molecule has 0 aromatic heterocycles. The molecule has 0 N–H and O–H groups in total. The van der Waals surface area contributed by atoms with Crippen LogP contribution in [0.2, 0.25) is 0 Å². The number of nitrogens with zero attached hydrogens (tertiary/aromatic N) is 1. The average Bonchev–Trinajstić information content (AvgIpc) is 2.38. The second-order valence-corrected chi connectivity index (χ2v) is 4.40. The zero-order valence-electron chi connectivity index (χ0n) is 11.4. The van der Waals surface area contributed by atoms with Gasteiger partial charge >= 0.3 is 0 Å². The van der Waals surface area contributed by atoms with E-state index in [2.05, 4.69) is 32.9 Å². The van der Waals surface area contributed by atoms with Crippen molar-refractivity contribution in [2.24, 2.45) is 0 Å². The molecule has 0 spiro atoms. The summed E-state index contributed by atoms with van der Waals surface area (Å²) >= 11 is 0. The number of aryl methyl sites for hydroxylation is 1. The van der Waals surface area contributed by atoms with Crippen LogP contribution in [0.1, 0.15) is 46.1 Å². The summed E-state index contributed by atoms with van der Waals surface area (Å²) in [5.41, 5.74) is 2.31. The summed E-state index contributed by atoms with van der Waals surface area (Å²) in [6, 6.07) is 8.55. The van der Waals surface area contributed by atoms with Crippen LogP contribution in [-0.4, -0.2) is 11.9 Å². The summed E-state index contributed by atoms with van der Waals surface area (Å²) < 4.78 is 0. The van der Waals surface area contributed by atoms with E-state index in [1.165, 1.54) is 5.56 Å². The Morgan fingerprint density at radius 1 is 1.29 bits per heavy atom. The van der Waals surface area contributed by atoms with Gasteiger partial charge in [0.25, 0.3) is 0 Å². The summed E-state index contributed by atoms with van der Waals surface area (Å²) in [5.74, 6) is 0.201. The average molecular weight is 233 g/mol. The van der Waals surface area contributed by atoms with Gasteiger partial charge in [-0.25, -0.2) is 0 Å². The number of carbonyl (C=O) groups excluding carboxylic acids is 1. The third kappa shape index (κ3) is 3.32. The van der Waals surface area contributed by atoms with Gasteiger partial charge in [-0.15, -0.1) is 0 Å². The van der Waals surface area contributed by atoms with Gasteiger partial charge in [0.1, 0.15) is 0 Å². The van der Waals surface area contributed by atoms with E-state index in [9.17, 15) is 4.79 Å². The van der Waals surface area contributed by atoms with E-state index in [0.29, 0.717) is 6.42 Å². The third-order valence-corrected chi connectivity index (χ3v) is 3.20. The predicted molar refractivity (Wildman–Crippen MR) is 73.4 cm³/mol. The molecule has 0 aliphatic carbocycles. The number of benzene rings is 1. The molecule has 0 bridgehead atoms. The van der Waals surface area contributed by atoms with Crippen LogP contribution in [0.25, 0.3) is 0 Å². The molecular formula is C15H23NO. The van der Waals surface area contributed by atoms with Crippen LogP contribution in [0.3, 0.4) is 0 Å². The van der Waals surface area contributed by atoms with Crippen molar-refractivity contribution in [3.05, 3.63) is 29.8 Å². The quantitative estimate of drug-likeness (QED) is 0.757. The van der Waals surface area contributed by atoms with E-state index in [0.717, 1.165) is 18.5 Å². The highest BCUT2D eigenvalue weighted by molar-refractivity contribution is 5.93. The summed E-state index contributed by atoms with van der Waals surface area (Å²) in [4.78, 5) is 14.0. The molecule has 2 nitrogen and oxygen atoms in total. The number of anilines is 1. The lowest BCUT2D eigenvalue weighted by molar-refractivity contribution is -0.118. The lowest BCUT2D eigenvalue weighted by Gasteiger charge is -2.28. The van der Waals surface area contributed by atoms with E-state index >= 15 is 0 Å². The van der Waals surface area contributed by atoms with E-state index < -0.39 is 0 Å². The second-order valence-electron chi connectivity index (χ2n) is 4.40. The Kier molecular flexibility index (Phi) is 5.20. The van der Waals surface area contributed by atoms with Gasteiger partial charge in [0, 0.05) is 18.2 Å². The minimum Gasteiger partial charge on any atom is -0.310 e. The van der Waals surface area contributed by atoms with Crippen molar-refractivity contribution >= 4 is 11.6 Å². The summed E-state index contributed by atoms with van der Waals surface area (Å²) in [7, 11) is 0. The maximum atomic E-state index is 12.0. The molecule has 94 valence electrons. The predicted octanol–water partition coefficient (Wildman–Crippen LogP) is 3.79. The molecule has 1 rings (SSSR count). The Hall–Kier alpha value is -1.31. The molecule has 1 atom stereocenters. The monoisotopic (exact) mass is 233 g/mol. The maximum Gasteiger partial charge on any atom is 0.226 e. The molecule has 1 unspecified atom stereocenters. The van der Waals surface area contributed by atoms with Crippen molar-refractivity contribution in [1.29, 1.82) is 0 Å². The molecule has 0 aliphatic heterocycles. The molecule has 1 aromatic rings. The van der Waals surface area contributed by atoms with Crippen LogP contribution in [-0.2, 0) is 11.2 Å². The number of hydrogen-bond donors (Lipinski definition) is 0. The third-order valence-electron chi connectivity index (χ3n) is 3.20. The molecule has 0 saturated heterocycles. The summed E-state index contributed by atoms with van der Waals surface area (Å²) in [6.45, 7) is 8.27. The normalized spacial score (nSPS) is 12.2. The number of hydrogen-bond acceptors (Lipinski definition) is 1. The van der Waals surface area contributed by atoms with E-state index in [-0.39, 0.29) is 11.9 Å². The van der Waals surface area contributed by atoms with Crippen LogP contribution in [0, 0.1) is 0 Å². The van der Waals surface area contributed by atoms with Gasteiger partial charge in [0.15, 0.2) is 0 Å². The first-order chi connectivity index (χ1) is 8.13. The van der Waals surface area contributed by atoms with Crippen LogP contribution < -0.4 is 4.90 Å². The molecule has 0 heterocycles. The Morgan fingerprint density at radius 2 is 2.00 bits per heavy atom. The minimum absolute atomic E-state index is 0.201. The molecule has 1 amide bonds. The minimum atomic E-state index is 0.201. The van der Waals surface area contributed by atoms with Crippen LogP contribution >= 0.6 is 0 Å². The lowest BCUT2D eigenvalue weighted by atomic mass is 10.1. The fraction of sp³-hybridized carbons (Fsp3) is 0.533. The van der Waals surface area contributed by atoms with Gasteiger partial charge in [-0.1, -0.05) is 32.9 Å². The van der Waals surface area contributed by atoms with Crippen LogP contribution in [0.5, 0.6) is 0 Å². The van der Waals surface area contributed by atoms with Crippen LogP contribution in [0.15, 0.2) is 24.3 Å². The van der Waals surface area contributed by atoms with Crippen molar-refractivity contribution in [2.75, 3.05) is 4.90 Å². The van der Waals surface area contributed by atoms with Gasteiger partial charge in [-0.05, 0) is 37.5 Å². The second kappa shape index (κ2) is 6.43. The van der Waals surface area contributed by atoms with Gasteiger partial charge in [0.05, 0.1) is 0 Å². The number of carbonyl (C=O) groups is 1. The smallest absolute Gasteiger partial charge is 0.226 e. The molecule has 0 fully saturated rings. The molecule has 17 heavy (non-hydrogen) atoms. The number of rotatable bonds is 5. The maximum absolute atomic E-state index is 12.0. The van der Waals surface area contributed by atoms with Crippen molar-refractivity contribution in [2.45, 2.75) is 53.0 Å². The van der Waals surface area contributed by atoms with Crippen molar-refractivity contribution in [3.63, 3.8) is 0 Å². The first-order valence-electron chi connectivity index (χ1n) is 6.54. The molecular weight excluding hydrogens is 210 g/mol. The van der Waals surface area contributed by atoms with Crippen molar-refractivity contribution in [3.8, 4) is 0 Å². The fourth-order valence-corrected chi connectivity index (χ4v) is 1.92. The van der Waals surface area contributed by atoms with Gasteiger partial charge < -0.3 is 4.90 Å².